The number of sulfonamides is 1. The first-order chi connectivity index (χ1) is 9.07. The SMILES string of the molecule is CCC1CN(S(=O)(=O)c2ccc(C#N)cc2)CCS1. The Labute approximate surface area is 118 Å². The standard InChI is InChI=1S/C13H16N2O2S2/c1-2-12-10-15(7-8-18-12)19(16,17)13-5-3-11(9-14)4-6-13/h3-6,12H,2,7-8,10H2,1H3. The van der Waals surface area contributed by atoms with Crippen molar-refractivity contribution in [3.63, 3.8) is 0 Å². The van der Waals surface area contributed by atoms with Crippen molar-refractivity contribution < 1.29 is 8.42 Å². The Morgan fingerprint density at radius 3 is 2.68 bits per heavy atom. The van der Waals surface area contributed by atoms with Crippen LogP contribution >= 0.6 is 11.8 Å². The van der Waals surface area contributed by atoms with E-state index in [1.807, 2.05) is 17.8 Å². The van der Waals surface area contributed by atoms with Gasteiger partial charge in [0.05, 0.1) is 16.5 Å². The number of thioether (sulfide) groups is 1. The van der Waals surface area contributed by atoms with Gasteiger partial charge in [-0.2, -0.15) is 21.3 Å². The molecule has 0 radical (unpaired) electrons. The third-order valence-electron chi connectivity index (χ3n) is 3.18. The highest BCUT2D eigenvalue weighted by molar-refractivity contribution is 8.00. The highest BCUT2D eigenvalue weighted by Gasteiger charge is 2.29. The largest absolute Gasteiger partial charge is 0.243 e. The minimum absolute atomic E-state index is 0.272. The second kappa shape index (κ2) is 5.95. The monoisotopic (exact) mass is 296 g/mol. The molecule has 4 nitrogen and oxygen atoms in total. The lowest BCUT2D eigenvalue weighted by molar-refractivity contribution is 0.416. The van der Waals surface area contributed by atoms with E-state index in [0.29, 0.717) is 23.9 Å². The Bertz CT molecular complexity index is 576. The summed E-state index contributed by atoms with van der Waals surface area (Å²) < 4.78 is 26.5. The summed E-state index contributed by atoms with van der Waals surface area (Å²) in [5.41, 5.74) is 0.472. The van der Waals surface area contributed by atoms with Gasteiger partial charge in [-0.25, -0.2) is 8.42 Å². The van der Waals surface area contributed by atoms with E-state index in [9.17, 15) is 8.42 Å². The molecule has 1 aromatic rings. The van der Waals surface area contributed by atoms with Crippen LogP contribution in [0.4, 0.5) is 0 Å². The lowest BCUT2D eigenvalue weighted by Gasteiger charge is -2.31. The van der Waals surface area contributed by atoms with Gasteiger partial charge in [0, 0.05) is 24.1 Å². The molecular formula is C13H16N2O2S2. The smallest absolute Gasteiger partial charge is 0.207 e. The van der Waals surface area contributed by atoms with Crippen LogP contribution in [0.25, 0.3) is 0 Å². The van der Waals surface area contributed by atoms with Crippen molar-refractivity contribution in [1.82, 2.24) is 4.31 Å². The maximum Gasteiger partial charge on any atom is 0.243 e. The lowest BCUT2D eigenvalue weighted by Crippen LogP contribution is -2.41. The van der Waals surface area contributed by atoms with Gasteiger partial charge in [-0.3, -0.25) is 0 Å². The zero-order valence-corrected chi connectivity index (χ0v) is 12.4. The highest BCUT2D eigenvalue weighted by Crippen LogP contribution is 2.26. The summed E-state index contributed by atoms with van der Waals surface area (Å²) in [6.45, 7) is 3.21. The zero-order chi connectivity index (χ0) is 13.9. The predicted molar refractivity (Wildman–Crippen MR) is 76.5 cm³/mol. The molecule has 102 valence electrons. The maximum absolute atomic E-state index is 12.5. The van der Waals surface area contributed by atoms with Crippen LogP contribution in [0.3, 0.4) is 0 Å². The molecule has 0 spiro atoms. The number of rotatable bonds is 3. The van der Waals surface area contributed by atoms with Crippen molar-refractivity contribution in [1.29, 1.82) is 5.26 Å². The molecule has 0 bridgehead atoms. The summed E-state index contributed by atoms with van der Waals surface area (Å²) in [5.74, 6) is 0.841. The number of benzene rings is 1. The van der Waals surface area contributed by atoms with Crippen LogP contribution in [-0.4, -0.2) is 36.8 Å². The zero-order valence-electron chi connectivity index (χ0n) is 10.7. The fourth-order valence-electron chi connectivity index (χ4n) is 2.01. The molecule has 0 aromatic heterocycles. The van der Waals surface area contributed by atoms with E-state index in [2.05, 4.69) is 6.92 Å². The quantitative estimate of drug-likeness (QED) is 0.856. The highest BCUT2D eigenvalue weighted by atomic mass is 32.2. The summed E-state index contributed by atoms with van der Waals surface area (Å²) >= 11 is 1.84. The Balaban J connectivity index is 2.23. The van der Waals surface area contributed by atoms with Gasteiger partial charge in [0.1, 0.15) is 0 Å². The maximum atomic E-state index is 12.5. The third kappa shape index (κ3) is 3.11. The number of hydrogen-bond donors (Lipinski definition) is 0. The third-order valence-corrected chi connectivity index (χ3v) is 6.43. The second-order valence-electron chi connectivity index (χ2n) is 4.40. The van der Waals surface area contributed by atoms with Gasteiger partial charge in [-0.15, -0.1) is 0 Å². The van der Waals surface area contributed by atoms with Crippen LogP contribution in [0, 0.1) is 11.3 Å². The summed E-state index contributed by atoms with van der Waals surface area (Å²) in [4.78, 5) is 0.272. The molecule has 0 N–H and O–H groups in total. The molecule has 1 aromatic carbocycles. The first-order valence-corrected chi connectivity index (χ1v) is 8.68. The van der Waals surface area contributed by atoms with Gasteiger partial charge in [0.25, 0.3) is 0 Å². The Kier molecular flexibility index (Phi) is 4.50. The fraction of sp³-hybridized carbons (Fsp3) is 0.462. The van der Waals surface area contributed by atoms with Gasteiger partial charge in [-0.1, -0.05) is 6.92 Å². The summed E-state index contributed by atoms with van der Waals surface area (Å²) in [6.07, 6.45) is 0.976. The first-order valence-electron chi connectivity index (χ1n) is 6.20. The van der Waals surface area contributed by atoms with Crippen molar-refractivity contribution in [3.05, 3.63) is 29.8 Å². The molecule has 0 saturated carbocycles. The Hall–Kier alpha value is -1.03. The molecule has 1 heterocycles. The Morgan fingerprint density at radius 2 is 2.11 bits per heavy atom. The molecule has 1 aliphatic rings. The van der Waals surface area contributed by atoms with E-state index in [1.165, 1.54) is 12.1 Å². The van der Waals surface area contributed by atoms with Gasteiger partial charge in [0.15, 0.2) is 0 Å². The molecular weight excluding hydrogens is 280 g/mol. The van der Waals surface area contributed by atoms with Crippen molar-refractivity contribution >= 4 is 21.8 Å². The molecule has 1 saturated heterocycles. The minimum atomic E-state index is -3.42. The van der Waals surface area contributed by atoms with E-state index in [0.717, 1.165) is 12.2 Å². The normalized spacial score (nSPS) is 20.9. The van der Waals surface area contributed by atoms with E-state index < -0.39 is 10.0 Å². The van der Waals surface area contributed by atoms with Crippen molar-refractivity contribution in [2.45, 2.75) is 23.5 Å². The molecule has 1 aliphatic heterocycles. The van der Waals surface area contributed by atoms with E-state index in [4.69, 9.17) is 5.26 Å². The van der Waals surface area contributed by atoms with Crippen LogP contribution in [0.5, 0.6) is 0 Å². The average molecular weight is 296 g/mol. The van der Waals surface area contributed by atoms with Crippen LogP contribution in [0.2, 0.25) is 0 Å². The molecule has 1 atom stereocenters. The molecule has 0 aliphatic carbocycles. The fourth-order valence-corrected chi connectivity index (χ4v) is 4.88. The first kappa shape index (κ1) is 14.4. The van der Waals surface area contributed by atoms with Gasteiger partial charge in [-0.05, 0) is 30.7 Å². The van der Waals surface area contributed by atoms with Gasteiger partial charge >= 0.3 is 0 Å². The van der Waals surface area contributed by atoms with E-state index >= 15 is 0 Å². The minimum Gasteiger partial charge on any atom is -0.207 e. The number of hydrogen-bond acceptors (Lipinski definition) is 4. The van der Waals surface area contributed by atoms with E-state index in [-0.39, 0.29) is 4.90 Å². The molecule has 1 fully saturated rings. The summed E-state index contributed by atoms with van der Waals surface area (Å²) in [5, 5.41) is 9.11. The van der Waals surface area contributed by atoms with Crippen LogP contribution in [0.15, 0.2) is 29.2 Å². The van der Waals surface area contributed by atoms with Crippen LogP contribution in [-0.2, 0) is 10.0 Å². The predicted octanol–water partition coefficient (Wildman–Crippen LogP) is 2.07. The summed E-state index contributed by atoms with van der Waals surface area (Å²) in [6, 6.07) is 8.10. The van der Waals surface area contributed by atoms with Gasteiger partial charge < -0.3 is 0 Å². The van der Waals surface area contributed by atoms with Crippen LogP contribution < -0.4 is 0 Å². The Morgan fingerprint density at radius 1 is 1.42 bits per heavy atom. The second-order valence-corrected chi connectivity index (χ2v) is 7.75. The van der Waals surface area contributed by atoms with Crippen molar-refractivity contribution in [3.8, 4) is 6.07 Å². The van der Waals surface area contributed by atoms with Gasteiger partial charge in [0.2, 0.25) is 10.0 Å². The average Bonchev–Trinajstić information content (AvgIpc) is 2.47. The lowest BCUT2D eigenvalue weighted by atomic mass is 10.2. The summed E-state index contributed by atoms with van der Waals surface area (Å²) in [7, 11) is -3.42. The molecule has 2 rings (SSSR count). The topological polar surface area (TPSA) is 61.2 Å². The molecule has 6 heteroatoms. The molecule has 19 heavy (non-hydrogen) atoms. The molecule has 1 unspecified atom stereocenters. The number of nitriles is 1. The van der Waals surface area contributed by atoms with Crippen LogP contribution in [0.1, 0.15) is 18.9 Å². The van der Waals surface area contributed by atoms with Crippen molar-refractivity contribution in [2.24, 2.45) is 0 Å². The van der Waals surface area contributed by atoms with Crippen molar-refractivity contribution in [2.75, 3.05) is 18.8 Å². The van der Waals surface area contributed by atoms with E-state index in [1.54, 1.807) is 16.4 Å². The number of nitrogens with zero attached hydrogens (tertiary/aromatic N) is 2. The molecule has 0 amide bonds.